The minimum absolute atomic E-state index is 0.0383. The first-order valence-corrected chi connectivity index (χ1v) is 12.1. The molecule has 0 bridgehead atoms. The van der Waals surface area contributed by atoms with Crippen LogP contribution in [0, 0.1) is 0 Å². The number of hydrogen-bond acceptors (Lipinski definition) is 8. The van der Waals surface area contributed by atoms with Crippen LogP contribution in [0.3, 0.4) is 0 Å². The average molecular weight is 478 g/mol. The summed E-state index contributed by atoms with van der Waals surface area (Å²) in [4.78, 5) is 12.8. The monoisotopic (exact) mass is 477 g/mol. The van der Waals surface area contributed by atoms with Crippen LogP contribution in [0.1, 0.15) is 6.92 Å². The maximum Gasteiger partial charge on any atom is 0.246 e. The van der Waals surface area contributed by atoms with Gasteiger partial charge in [-0.2, -0.15) is 4.31 Å². The van der Waals surface area contributed by atoms with Gasteiger partial charge in [-0.3, -0.25) is 4.79 Å². The third-order valence-electron chi connectivity index (χ3n) is 5.34. The number of fused-ring (bicyclic) bond motifs is 1. The molecule has 0 aromatic heterocycles. The molecule has 0 saturated carbocycles. The summed E-state index contributed by atoms with van der Waals surface area (Å²) in [6.07, 6.45) is 0. The van der Waals surface area contributed by atoms with Crippen molar-refractivity contribution in [1.29, 1.82) is 0 Å². The van der Waals surface area contributed by atoms with E-state index < -0.39 is 16.1 Å². The Morgan fingerprint density at radius 1 is 1.00 bits per heavy atom. The van der Waals surface area contributed by atoms with Crippen molar-refractivity contribution in [2.75, 3.05) is 57.3 Å². The lowest BCUT2D eigenvalue weighted by atomic mass is 10.2. The second-order valence-corrected chi connectivity index (χ2v) is 9.50. The summed E-state index contributed by atoms with van der Waals surface area (Å²) in [7, 11) is -2.36. The first kappa shape index (κ1) is 23.1. The molecule has 1 fully saturated rings. The fourth-order valence-electron chi connectivity index (χ4n) is 3.58. The molecule has 33 heavy (non-hydrogen) atoms. The Morgan fingerprint density at radius 3 is 2.42 bits per heavy atom. The van der Waals surface area contributed by atoms with Crippen LogP contribution in [0.2, 0.25) is 0 Å². The molecule has 1 amide bonds. The second kappa shape index (κ2) is 9.86. The second-order valence-electron chi connectivity index (χ2n) is 7.60. The molecular weight excluding hydrogens is 450 g/mol. The molecule has 4 rings (SSSR count). The van der Waals surface area contributed by atoms with Crippen LogP contribution in [-0.2, 0) is 19.6 Å². The SMILES string of the molecule is COc1ccc(N[C@@H](C)C(=O)Nc2ccc3c(c2)OCCO3)cc1S(=O)(=O)N1CCOCC1. The van der Waals surface area contributed by atoms with E-state index in [0.29, 0.717) is 49.3 Å². The average Bonchev–Trinajstić information content (AvgIpc) is 2.84. The molecule has 11 heteroatoms. The summed E-state index contributed by atoms with van der Waals surface area (Å²) < 4.78 is 49.3. The zero-order chi connectivity index (χ0) is 23.4. The fourth-order valence-corrected chi connectivity index (χ4v) is 5.17. The van der Waals surface area contributed by atoms with Crippen molar-refractivity contribution in [3.63, 3.8) is 0 Å². The predicted molar refractivity (Wildman–Crippen MR) is 122 cm³/mol. The van der Waals surface area contributed by atoms with Gasteiger partial charge in [0.1, 0.15) is 29.9 Å². The molecule has 0 aliphatic carbocycles. The van der Waals surface area contributed by atoms with Crippen LogP contribution in [0.25, 0.3) is 0 Å². The van der Waals surface area contributed by atoms with Gasteiger partial charge in [-0.1, -0.05) is 0 Å². The van der Waals surface area contributed by atoms with Crippen LogP contribution in [0.15, 0.2) is 41.3 Å². The number of rotatable bonds is 7. The van der Waals surface area contributed by atoms with E-state index in [-0.39, 0.29) is 29.6 Å². The fraction of sp³-hybridized carbons (Fsp3) is 0.409. The number of morpholine rings is 1. The van der Waals surface area contributed by atoms with Gasteiger partial charge in [0.05, 0.1) is 20.3 Å². The molecule has 1 atom stereocenters. The number of carbonyl (C=O) groups excluding carboxylic acids is 1. The number of nitrogens with one attached hydrogen (secondary N) is 2. The van der Waals surface area contributed by atoms with Gasteiger partial charge in [0.25, 0.3) is 0 Å². The van der Waals surface area contributed by atoms with Gasteiger partial charge in [0.15, 0.2) is 11.5 Å². The van der Waals surface area contributed by atoms with Crippen molar-refractivity contribution in [3.05, 3.63) is 36.4 Å². The van der Waals surface area contributed by atoms with Crippen molar-refractivity contribution in [2.45, 2.75) is 17.9 Å². The van der Waals surface area contributed by atoms with Crippen LogP contribution < -0.4 is 24.8 Å². The first-order valence-electron chi connectivity index (χ1n) is 10.6. The number of nitrogens with zero attached hydrogens (tertiary/aromatic N) is 1. The summed E-state index contributed by atoms with van der Waals surface area (Å²) in [5.41, 5.74) is 1.05. The van der Waals surface area contributed by atoms with Crippen molar-refractivity contribution in [3.8, 4) is 17.2 Å². The largest absolute Gasteiger partial charge is 0.495 e. The maximum atomic E-state index is 13.2. The number of amides is 1. The molecule has 2 heterocycles. The minimum atomic E-state index is -3.78. The highest BCUT2D eigenvalue weighted by molar-refractivity contribution is 7.89. The number of hydrogen-bond donors (Lipinski definition) is 2. The van der Waals surface area contributed by atoms with E-state index >= 15 is 0 Å². The number of ether oxygens (including phenoxy) is 4. The highest BCUT2D eigenvalue weighted by Crippen LogP contribution is 2.33. The Labute approximate surface area is 192 Å². The zero-order valence-corrected chi connectivity index (χ0v) is 19.3. The molecule has 10 nitrogen and oxygen atoms in total. The van der Waals surface area contributed by atoms with Crippen LogP contribution in [0.4, 0.5) is 11.4 Å². The lowest BCUT2D eigenvalue weighted by Gasteiger charge is -2.27. The van der Waals surface area contributed by atoms with Gasteiger partial charge in [-0.05, 0) is 37.3 Å². The van der Waals surface area contributed by atoms with E-state index in [0.717, 1.165) is 0 Å². The number of anilines is 2. The molecule has 178 valence electrons. The van der Waals surface area contributed by atoms with Crippen LogP contribution in [0.5, 0.6) is 17.2 Å². The minimum Gasteiger partial charge on any atom is -0.495 e. The van der Waals surface area contributed by atoms with Gasteiger partial charge >= 0.3 is 0 Å². The topological polar surface area (TPSA) is 115 Å². The number of benzene rings is 2. The molecule has 2 N–H and O–H groups in total. The van der Waals surface area contributed by atoms with Gasteiger partial charge in [0, 0.05) is 30.5 Å². The van der Waals surface area contributed by atoms with Gasteiger partial charge in [0.2, 0.25) is 15.9 Å². The van der Waals surface area contributed by atoms with Crippen molar-refractivity contribution >= 4 is 27.3 Å². The standard InChI is InChI=1S/C22H27N3O7S/c1-15(22(26)24-16-3-5-18-20(13-16)32-12-11-31-18)23-17-4-6-19(29-2)21(14-17)33(27,28)25-7-9-30-10-8-25/h3-6,13-15,23H,7-12H2,1-2H3,(H,24,26)/t15-/m0/s1. The van der Waals surface area contributed by atoms with Crippen LogP contribution in [-0.4, -0.2) is 71.3 Å². The number of sulfonamides is 1. The molecule has 2 aromatic rings. The highest BCUT2D eigenvalue weighted by atomic mass is 32.2. The van der Waals surface area contributed by atoms with Crippen molar-refractivity contribution in [2.24, 2.45) is 0 Å². The van der Waals surface area contributed by atoms with Gasteiger partial charge in [-0.15, -0.1) is 0 Å². The van der Waals surface area contributed by atoms with E-state index in [4.69, 9.17) is 18.9 Å². The molecular formula is C22H27N3O7S. The molecule has 2 aliphatic rings. The maximum absolute atomic E-state index is 13.2. The highest BCUT2D eigenvalue weighted by Gasteiger charge is 2.30. The summed E-state index contributed by atoms with van der Waals surface area (Å²) in [5.74, 6) is 1.16. The van der Waals surface area contributed by atoms with Gasteiger partial charge < -0.3 is 29.6 Å². The third kappa shape index (κ3) is 5.15. The summed E-state index contributed by atoms with van der Waals surface area (Å²) in [6, 6.07) is 9.27. The first-order chi connectivity index (χ1) is 15.9. The van der Waals surface area contributed by atoms with Gasteiger partial charge in [-0.25, -0.2) is 8.42 Å². The predicted octanol–water partition coefficient (Wildman–Crippen LogP) is 1.93. The Balaban J connectivity index is 1.48. The van der Waals surface area contributed by atoms with E-state index in [1.54, 1.807) is 37.3 Å². The lowest BCUT2D eigenvalue weighted by Crippen LogP contribution is -2.40. The van der Waals surface area contributed by atoms with E-state index in [1.165, 1.54) is 17.5 Å². The van der Waals surface area contributed by atoms with E-state index in [9.17, 15) is 13.2 Å². The Kier molecular flexibility index (Phi) is 6.91. The summed E-state index contributed by atoms with van der Waals surface area (Å²) in [6.45, 7) is 3.87. The quantitative estimate of drug-likeness (QED) is 0.622. The molecule has 2 aromatic carbocycles. The van der Waals surface area contributed by atoms with Crippen LogP contribution >= 0.6 is 0 Å². The van der Waals surface area contributed by atoms with E-state index in [2.05, 4.69) is 10.6 Å². The van der Waals surface area contributed by atoms with Crippen molar-refractivity contribution < 1.29 is 32.2 Å². The molecule has 0 unspecified atom stereocenters. The number of methoxy groups -OCH3 is 1. The Bertz CT molecular complexity index is 1120. The number of carbonyl (C=O) groups is 1. The van der Waals surface area contributed by atoms with Crippen molar-refractivity contribution in [1.82, 2.24) is 4.31 Å². The summed E-state index contributed by atoms with van der Waals surface area (Å²) in [5, 5.41) is 5.89. The van der Waals surface area contributed by atoms with E-state index in [1.807, 2.05) is 0 Å². The molecule has 1 saturated heterocycles. The zero-order valence-electron chi connectivity index (χ0n) is 18.5. The molecule has 2 aliphatic heterocycles. The Hall–Kier alpha value is -3.02. The Morgan fingerprint density at radius 2 is 1.70 bits per heavy atom. The smallest absolute Gasteiger partial charge is 0.246 e. The molecule has 0 spiro atoms. The normalized spacial score (nSPS) is 17.2. The molecule has 0 radical (unpaired) electrons. The lowest BCUT2D eigenvalue weighted by molar-refractivity contribution is -0.116. The third-order valence-corrected chi connectivity index (χ3v) is 7.26. The summed E-state index contributed by atoms with van der Waals surface area (Å²) >= 11 is 0.